The number of rotatable bonds is 5. The summed E-state index contributed by atoms with van der Waals surface area (Å²) in [7, 11) is 3.30. The van der Waals surface area contributed by atoms with Crippen molar-refractivity contribution in [2.75, 3.05) is 19.5 Å². The van der Waals surface area contributed by atoms with Crippen LogP contribution in [0.1, 0.15) is 25.7 Å². The zero-order valence-electron chi connectivity index (χ0n) is 12.0. The quantitative estimate of drug-likeness (QED) is 0.863. The minimum absolute atomic E-state index is 0.0713. The molecule has 0 heterocycles. The predicted molar refractivity (Wildman–Crippen MR) is 77.8 cm³/mol. The number of hydrogen-bond acceptors (Lipinski definition) is 4. The highest BCUT2D eigenvalue weighted by atomic mass is 16.5. The summed E-state index contributed by atoms with van der Waals surface area (Å²) in [5.41, 5.74) is 5.78. The van der Waals surface area contributed by atoms with Crippen molar-refractivity contribution in [2.24, 2.45) is 5.73 Å². The first-order valence-corrected chi connectivity index (χ1v) is 6.84. The monoisotopic (exact) mass is 278 g/mol. The van der Waals surface area contributed by atoms with Gasteiger partial charge in [-0.2, -0.15) is 0 Å². The Bertz CT molecular complexity index is 461. The molecule has 2 rings (SSSR count). The summed E-state index contributed by atoms with van der Waals surface area (Å²) in [6.45, 7) is 0. The lowest BCUT2D eigenvalue weighted by Gasteiger charge is -2.39. The molecule has 1 aliphatic rings. The van der Waals surface area contributed by atoms with Gasteiger partial charge in [0.1, 0.15) is 11.3 Å². The average molecular weight is 278 g/mol. The van der Waals surface area contributed by atoms with Crippen molar-refractivity contribution in [2.45, 2.75) is 37.3 Å². The number of anilines is 1. The molecular formula is C15H22N2O3. The van der Waals surface area contributed by atoms with E-state index in [1.165, 1.54) is 0 Å². The van der Waals surface area contributed by atoms with E-state index >= 15 is 0 Å². The van der Waals surface area contributed by atoms with Gasteiger partial charge in [0.25, 0.3) is 0 Å². The highest BCUT2D eigenvalue weighted by molar-refractivity contribution is 5.88. The van der Waals surface area contributed by atoms with E-state index in [0.29, 0.717) is 6.42 Å². The average Bonchev–Trinajstić information content (AvgIpc) is 2.48. The van der Waals surface area contributed by atoms with Gasteiger partial charge in [0.2, 0.25) is 5.91 Å². The normalized spacial score (nSPS) is 26.0. The number of ether oxygens (including phenoxy) is 2. The lowest BCUT2D eigenvalue weighted by molar-refractivity contribution is -0.125. The van der Waals surface area contributed by atoms with Gasteiger partial charge in [-0.1, -0.05) is 0 Å². The molecule has 2 atom stereocenters. The van der Waals surface area contributed by atoms with E-state index in [9.17, 15) is 4.79 Å². The van der Waals surface area contributed by atoms with Crippen LogP contribution in [-0.2, 0) is 9.53 Å². The smallest absolute Gasteiger partial charge is 0.243 e. The van der Waals surface area contributed by atoms with Crippen LogP contribution in [-0.4, -0.2) is 31.8 Å². The van der Waals surface area contributed by atoms with Crippen molar-refractivity contribution < 1.29 is 14.3 Å². The van der Waals surface area contributed by atoms with Gasteiger partial charge >= 0.3 is 0 Å². The lowest BCUT2D eigenvalue weighted by atomic mass is 9.79. The topological polar surface area (TPSA) is 73.6 Å². The number of amides is 1. The number of benzene rings is 1. The maximum absolute atomic E-state index is 11.9. The highest BCUT2D eigenvalue weighted by Gasteiger charge is 2.41. The number of carbonyl (C=O) groups is 1. The molecule has 0 spiro atoms. The standard InChI is InChI=1S/C15H22N2O3/c1-19-12-7-5-11(6-8-12)17-15(14(16)18)9-3-4-13(10-15)20-2/h5-8,13,17H,3-4,9-10H2,1-2H3,(H2,16,18). The fraction of sp³-hybridized carbons (Fsp3) is 0.533. The molecule has 5 heteroatoms. The molecule has 1 aromatic carbocycles. The molecule has 1 fully saturated rings. The summed E-state index contributed by atoms with van der Waals surface area (Å²) in [5, 5.41) is 3.30. The molecule has 0 aromatic heterocycles. The van der Waals surface area contributed by atoms with Crippen LogP contribution >= 0.6 is 0 Å². The molecule has 0 bridgehead atoms. The van der Waals surface area contributed by atoms with Crippen molar-refractivity contribution >= 4 is 11.6 Å². The van der Waals surface area contributed by atoms with E-state index < -0.39 is 5.54 Å². The van der Waals surface area contributed by atoms with E-state index in [-0.39, 0.29) is 12.0 Å². The molecule has 0 saturated heterocycles. The Balaban J connectivity index is 2.17. The summed E-state index contributed by atoms with van der Waals surface area (Å²) in [6.07, 6.45) is 3.29. The highest BCUT2D eigenvalue weighted by Crippen LogP contribution is 2.33. The maximum Gasteiger partial charge on any atom is 0.243 e. The zero-order chi connectivity index (χ0) is 14.6. The van der Waals surface area contributed by atoms with Crippen LogP contribution < -0.4 is 15.8 Å². The van der Waals surface area contributed by atoms with E-state index in [1.807, 2.05) is 24.3 Å². The fourth-order valence-electron chi connectivity index (χ4n) is 2.78. The lowest BCUT2D eigenvalue weighted by Crippen LogP contribution is -2.54. The Morgan fingerprint density at radius 3 is 2.60 bits per heavy atom. The van der Waals surface area contributed by atoms with Crippen LogP contribution in [0.25, 0.3) is 0 Å². The number of methoxy groups -OCH3 is 2. The van der Waals surface area contributed by atoms with Crippen LogP contribution in [0.2, 0.25) is 0 Å². The second kappa shape index (κ2) is 6.13. The summed E-state index contributed by atoms with van der Waals surface area (Å²) in [4.78, 5) is 11.9. The Hall–Kier alpha value is -1.75. The van der Waals surface area contributed by atoms with Gasteiger partial charge in [-0.3, -0.25) is 4.79 Å². The minimum atomic E-state index is -0.729. The van der Waals surface area contributed by atoms with Gasteiger partial charge in [0, 0.05) is 19.2 Å². The Morgan fingerprint density at radius 1 is 1.35 bits per heavy atom. The number of hydrogen-bond donors (Lipinski definition) is 2. The van der Waals surface area contributed by atoms with E-state index in [4.69, 9.17) is 15.2 Å². The van der Waals surface area contributed by atoms with E-state index in [1.54, 1.807) is 14.2 Å². The fourth-order valence-corrected chi connectivity index (χ4v) is 2.78. The number of carbonyl (C=O) groups excluding carboxylic acids is 1. The molecule has 1 aromatic rings. The predicted octanol–water partition coefficient (Wildman–Crippen LogP) is 1.92. The molecule has 2 unspecified atom stereocenters. The minimum Gasteiger partial charge on any atom is -0.497 e. The largest absolute Gasteiger partial charge is 0.497 e. The molecular weight excluding hydrogens is 256 g/mol. The number of primary amides is 1. The Kier molecular flexibility index (Phi) is 4.49. The van der Waals surface area contributed by atoms with Crippen LogP contribution in [0.3, 0.4) is 0 Å². The second-order valence-corrected chi connectivity index (χ2v) is 5.25. The summed E-state index contributed by atoms with van der Waals surface area (Å²) < 4.78 is 10.5. The third-order valence-corrected chi connectivity index (χ3v) is 3.98. The molecule has 20 heavy (non-hydrogen) atoms. The third-order valence-electron chi connectivity index (χ3n) is 3.98. The van der Waals surface area contributed by atoms with Gasteiger partial charge in [-0.15, -0.1) is 0 Å². The molecule has 0 radical (unpaired) electrons. The van der Waals surface area contributed by atoms with Gasteiger partial charge in [-0.05, 0) is 43.5 Å². The first-order chi connectivity index (χ1) is 9.59. The van der Waals surface area contributed by atoms with Crippen molar-refractivity contribution in [1.29, 1.82) is 0 Å². The van der Waals surface area contributed by atoms with Gasteiger partial charge < -0.3 is 20.5 Å². The van der Waals surface area contributed by atoms with Gasteiger partial charge in [-0.25, -0.2) is 0 Å². The molecule has 1 aliphatic carbocycles. The summed E-state index contributed by atoms with van der Waals surface area (Å²) in [5.74, 6) is 0.456. The first kappa shape index (κ1) is 14.7. The van der Waals surface area contributed by atoms with Gasteiger partial charge in [0.05, 0.1) is 13.2 Å². The molecule has 1 amide bonds. The second-order valence-electron chi connectivity index (χ2n) is 5.25. The van der Waals surface area contributed by atoms with Crippen LogP contribution in [0.4, 0.5) is 5.69 Å². The summed E-state index contributed by atoms with van der Waals surface area (Å²) in [6, 6.07) is 7.49. The molecule has 110 valence electrons. The Morgan fingerprint density at radius 2 is 2.05 bits per heavy atom. The van der Waals surface area contributed by atoms with E-state index in [2.05, 4.69) is 5.32 Å². The molecule has 5 nitrogen and oxygen atoms in total. The SMILES string of the molecule is COc1ccc(NC2(C(N)=O)CCCC(OC)C2)cc1. The van der Waals surface area contributed by atoms with Crippen molar-refractivity contribution in [3.63, 3.8) is 0 Å². The van der Waals surface area contributed by atoms with Crippen molar-refractivity contribution in [3.05, 3.63) is 24.3 Å². The Labute approximate surface area is 119 Å². The van der Waals surface area contributed by atoms with Crippen molar-refractivity contribution in [1.82, 2.24) is 0 Å². The molecule has 0 aliphatic heterocycles. The number of nitrogens with two attached hydrogens (primary N) is 1. The maximum atomic E-state index is 11.9. The van der Waals surface area contributed by atoms with Crippen LogP contribution in [0.15, 0.2) is 24.3 Å². The number of nitrogens with one attached hydrogen (secondary N) is 1. The van der Waals surface area contributed by atoms with Crippen LogP contribution in [0, 0.1) is 0 Å². The third kappa shape index (κ3) is 3.04. The van der Waals surface area contributed by atoms with Gasteiger partial charge in [0.15, 0.2) is 0 Å². The van der Waals surface area contributed by atoms with E-state index in [0.717, 1.165) is 30.7 Å². The zero-order valence-corrected chi connectivity index (χ0v) is 12.0. The van der Waals surface area contributed by atoms with Crippen LogP contribution in [0.5, 0.6) is 5.75 Å². The first-order valence-electron chi connectivity index (χ1n) is 6.84. The van der Waals surface area contributed by atoms with Crippen molar-refractivity contribution in [3.8, 4) is 5.75 Å². The molecule has 3 N–H and O–H groups in total. The molecule has 1 saturated carbocycles. The summed E-state index contributed by atoms with van der Waals surface area (Å²) >= 11 is 0.